The number of halogens is 4. The topological polar surface area (TPSA) is 49.8 Å². The summed E-state index contributed by atoms with van der Waals surface area (Å²) in [7, 11) is 0. The van der Waals surface area contributed by atoms with Gasteiger partial charge in [-0.2, -0.15) is 0 Å². The van der Waals surface area contributed by atoms with Crippen molar-refractivity contribution >= 4 is 17.6 Å². The minimum absolute atomic E-state index is 0.0379. The van der Waals surface area contributed by atoms with Crippen molar-refractivity contribution in [1.82, 2.24) is 4.90 Å². The number of carbonyl (C=O) groups is 1. The maximum Gasteiger partial charge on any atom is 0.338 e. The van der Waals surface area contributed by atoms with Crippen LogP contribution in [0.2, 0.25) is 5.02 Å². The van der Waals surface area contributed by atoms with Crippen molar-refractivity contribution in [1.29, 1.82) is 0 Å². The molecule has 2 aromatic carbocycles. The third-order valence-electron chi connectivity index (χ3n) is 6.70. The lowest BCUT2D eigenvalue weighted by molar-refractivity contribution is -0.0367. The predicted octanol–water partition coefficient (Wildman–Crippen LogP) is 6.28. The van der Waals surface area contributed by atoms with Crippen molar-refractivity contribution in [2.24, 2.45) is 0 Å². The molecule has 2 aliphatic rings. The van der Waals surface area contributed by atoms with Crippen molar-refractivity contribution in [2.45, 2.75) is 56.8 Å². The molecule has 1 saturated carbocycles. The van der Waals surface area contributed by atoms with E-state index in [9.17, 15) is 18.7 Å². The summed E-state index contributed by atoms with van der Waals surface area (Å²) in [6.45, 7) is 2.85. The molecule has 178 valence electrons. The number of aromatic carboxylic acids is 1. The van der Waals surface area contributed by atoms with Gasteiger partial charge in [0.1, 0.15) is 17.3 Å². The van der Waals surface area contributed by atoms with Crippen molar-refractivity contribution < 1.29 is 27.8 Å². The molecular weight excluding hydrogens is 455 g/mol. The molecular formula is C25H27ClF3NO3. The van der Waals surface area contributed by atoms with Crippen LogP contribution in [0, 0.1) is 11.6 Å². The monoisotopic (exact) mass is 481 g/mol. The number of nitrogens with zero attached hydrogens (tertiary/aromatic N) is 1. The predicted molar refractivity (Wildman–Crippen MR) is 119 cm³/mol. The van der Waals surface area contributed by atoms with Gasteiger partial charge in [-0.1, -0.05) is 11.6 Å². The van der Waals surface area contributed by atoms with Crippen molar-refractivity contribution in [3.05, 3.63) is 69.2 Å². The van der Waals surface area contributed by atoms with Crippen LogP contribution in [-0.2, 0) is 11.3 Å². The Bertz CT molecular complexity index is 1020. The fraction of sp³-hybridized carbons (Fsp3) is 0.480. The second kappa shape index (κ2) is 9.65. The Morgan fingerprint density at radius 3 is 2.52 bits per heavy atom. The smallest absolute Gasteiger partial charge is 0.338 e. The molecule has 0 radical (unpaired) electrons. The van der Waals surface area contributed by atoms with E-state index in [1.807, 2.05) is 6.92 Å². The minimum Gasteiger partial charge on any atom is -0.478 e. The quantitative estimate of drug-likeness (QED) is 0.482. The zero-order chi connectivity index (χ0) is 23.8. The van der Waals surface area contributed by atoms with Gasteiger partial charge in [-0.25, -0.2) is 18.0 Å². The average molecular weight is 482 g/mol. The van der Waals surface area contributed by atoms with Crippen molar-refractivity contribution in [2.75, 3.05) is 19.7 Å². The Kier molecular flexibility index (Phi) is 7.03. The van der Waals surface area contributed by atoms with Crippen LogP contribution in [0.4, 0.5) is 13.2 Å². The molecule has 0 bridgehead atoms. The summed E-state index contributed by atoms with van der Waals surface area (Å²) in [6, 6.07) is 6.92. The number of ether oxygens (including phenoxy) is 1. The van der Waals surface area contributed by atoms with Crippen molar-refractivity contribution in [3.63, 3.8) is 0 Å². The maximum absolute atomic E-state index is 15.4. The first-order chi connectivity index (χ1) is 15.6. The lowest BCUT2D eigenvalue weighted by Gasteiger charge is -2.39. The Hall–Kier alpha value is -2.09. The number of benzene rings is 2. The second-order valence-corrected chi connectivity index (χ2v) is 9.61. The van der Waals surface area contributed by atoms with Gasteiger partial charge < -0.3 is 9.84 Å². The lowest BCUT2D eigenvalue weighted by Crippen LogP contribution is -2.45. The summed E-state index contributed by atoms with van der Waals surface area (Å²) in [5, 5.41) is 9.51. The molecule has 0 aromatic heterocycles. The van der Waals surface area contributed by atoms with E-state index in [0.29, 0.717) is 23.7 Å². The summed E-state index contributed by atoms with van der Waals surface area (Å²) >= 11 is 5.97. The molecule has 33 heavy (non-hydrogen) atoms. The highest BCUT2D eigenvalue weighted by Crippen LogP contribution is 2.43. The molecule has 1 N–H and O–H groups in total. The first-order valence-electron chi connectivity index (χ1n) is 11.2. The maximum atomic E-state index is 15.4. The lowest BCUT2D eigenvalue weighted by atomic mass is 9.92. The van der Waals surface area contributed by atoms with Crippen LogP contribution >= 0.6 is 11.6 Å². The summed E-state index contributed by atoms with van der Waals surface area (Å²) in [6.07, 6.45) is 2.38. The molecule has 2 aromatic rings. The standard InChI is InChI=1S/C25H27ClF3NO3/c1-15(17-8-19(26)11-20(27)9-17)30-6-4-25(29,5-7-30)14-33-13-18-10-23(28)22(24(31)32)12-21(18)16-2-3-16/h8-12,15-16H,2-7,13-14H2,1H3,(H,31,32)/t15-/m1/s1. The van der Waals surface area contributed by atoms with E-state index in [1.54, 1.807) is 6.07 Å². The van der Waals surface area contributed by atoms with E-state index in [0.717, 1.165) is 24.0 Å². The summed E-state index contributed by atoms with van der Waals surface area (Å²) in [4.78, 5) is 13.3. The van der Waals surface area contributed by atoms with Gasteiger partial charge >= 0.3 is 5.97 Å². The fourth-order valence-electron chi connectivity index (χ4n) is 4.52. The van der Waals surface area contributed by atoms with Gasteiger partial charge in [-0.3, -0.25) is 4.90 Å². The number of hydrogen-bond acceptors (Lipinski definition) is 3. The molecule has 0 unspecified atom stereocenters. The van der Waals surface area contributed by atoms with Gasteiger partial charge in [0.2, 0.25) is 0 Å². The van der Waals surface area contributed by atoms with Crippen LogP contribution in [0.1, 0.15) is 71.6 Å². The van der Waals surface area contributed by atoms with Gasteiger partial charge in [0.25, 0.3) is 0 Å². The van der Waals surface area contributed by atoms with Crippen LogP contribution in [0.15, 0.2) is 30.3 Å². The van der Waals surface area contributed by atoms with E-state index in [-0.39, 0.29) is 43.6 Å². The number of carboxylic acid groups (broad SMARTS) is 1. The first kappa shape index (κ1) is 24.0. The number of hydrogen-bond donors (Lipinski definition) is 1. The zero-order valence-electron chi connectivity index (χ0n) is 18.4. The summed E-state index contributed by atoms with van der Waals surface area (Å²) in [5.41, 5.74) is 0.261. The SMILES string of the molecule is C[C@H](c1cc(F)cc(Cl)c1)N1CCC(F)(COCc2cc(F)c(C(=O)O)cc2C2CC2)CC1. The summed E-state index contributed by atoms with van der Waals surface area (Å²) in [5.74, 6) is -2.29. The molecule has 1 saturated heterocycles. The number of piperidine rings is 1. The Labute approximate surface area is 196 Å². The van der Waals surface area contributed by atoms with Gasteiger partial charge in [-0.15, -0.1) is 0 Å². The molecule has 1 atom stereocenters. The molecule has 1 heterocycles. The van der Waals surface area contributed by atoms with Crippen LogP contribution < -0.4 is 0 Å². The van der Waals surface area contributed by atoms with Crippen LogP contribution in [-0.4, -0.2) is 41.3 Å². The van der Waals surface area contributed by atoms with Gasteiger partial charge in [0.15, 0.2) is 0 Å². The van der Waals surface area contributed by atoms with Gasteiger partial charge in [0.05, 0.1) is 18.8 Å². The van der Waals surface area contributed by atoms with E-state index in [4.69, 9.17) is 16.3 Å². The Balaban J connectivity index is 1.34. The van der Waals surface area contributed by atoms with E-state index in [1.165, 1.54) is 24.3 Å². The number of alkyl halides is 1. The highest BCUT2D eigenvalue weighted by atomic mass is 35.5. The number of rotatable bonds is 8. The molecule has 0 spiro atoms. The molecule has 1 aliphatic heterocycles. The minimum atomic E-state index is -1.50. The second-order valence-electron chi connectivity index (χ2n) is 9.17. The fourth-order valence-corrected chi connectivity index (χ4v) is 4.75. The van der Waals surface area contributed by atoms with E-state index >= 15 is 4.39 Å². The largest absolute Gasteiger partial charge is 0.478 e. The van der Waals surface area contributed by atoms with Crippen LogP contribution in [0.25, 0.3) is 0 Å². The highest BCUT2D eigenvalue weighted by Gasteiger charge is 2.37. The molecule has 0 amide bonds. The van der Waals surface area contributed by atoms with E-state index < -0.39 is 23.3 Å². The van der Waals surface area contributed by atoms with Crippen LogP contribution in [0.5, 0.6) is 0 Å². The van der Waals surface area contributed by atoms with E-state index in [2.05, 4.69) is 4.90 Å². The molecule has 4 nitrogen and oxygen atoms in total. The highest BCUT2D eigenvalue weighted by molar-refractivity contribution is 6.30. The zero-order valence-corrected chi connectivity index (χ0v) is 19.2. The van der Waals surface area contributed by atoms with Crippen molar-refractivity contribution in [3.8, 4) is 0 Å². The van der Waals surface area contributed by atoms with Gasteiger partial charge in [0, 0.05) is 24.2 Å². The molecule has 1 aliphatic carbocycles. The average Bonchev–Trinajstić information content (AvgIpc) is 3.58. The Morgan fingerprint density at radius 2 is 1.91 bits per heavy atom. The molecule has 2 fully saturated rings. The summed E-state index contributed by atoms with van der Waals surface area (Å²) < 4.78 is 48.9. The van der Waals surface area contributed by atoms with Gasteiger partial charge in [-0.05, 0) is 85.5 Å². The number of likely N-dealkylation sites (tertiary alicyclic amines) is 1. The number of carboxylic acids is 1. The third-order valence-corrected chi connectivity index (χ3v) is 6.92. The third kappa shape index (κ3) is 5.70. The molecule has 8 heteroatoms. The Morgan fingerprint density at radius 1 is 1.21 bits per heavy atom. The normalized spacial score (nSPS) is 19.4. The first-order valence-corrected chi connectivity index (χ1v) is 11.6. The molecule has 4 rings (SSSR count). The van der Waals surface area contributed by atoms with Crippen LogP contribution in [0.3, 0.4) is 0 Å².